The topological polar surface area (TPSA) is 70.6 Å². The molecule has 0 aliphatic carbocycles. The Bertz CT molecular complexity index is 446. The summed E-state index contributed by atoms with van der Waals surface area (Å²) in [5.41, 5.74) is 4.95. The lowest BCUT2D eigenvalue weighted by Crippen LogP contribution is -2.39. The molecule has 1 rings (SSSR count). The summed E-state index contributed by atoms with van der Waals surface area (Å²) in [5, 5.41) is 6.45. The molecular formula is C15H23N3O2. The smallest absolute Gasteiger partial charge is 0.262 e. The first-order valence-corrected chi connectivity index (χ1v) is 6.90. The van der Waals surface area contributed by atoms with Crippen molar-refractivity contribution in [1.82, 2.24) is 10.7 Å². The number of carbonyl (C=O) groups excluding carboxylic acids is 2. The Kier molecular flexibility index (Phi) is 6.70. The van der Waals surface area contributed by atoms with E-state index in [9.17, 15) is 9.59 Å². The first kappa shape index (κ1) is 16.1. The summed E-state index contributed by atoms with van der Waals surface area (Å²) in [6.45, 7) is 6.19. The van der Waals surface area contributed by atoms with Crippen LogP contribution in [0, 0.1) is 0 Å². The fourth-order valence-corrected chi connectivity index (χ4v) is 1.83. The largest absolute Gasteiger partial charge is 0.344 e. The zero-order valence-electron chi connectivity index (χ0n) is 12.4. The van der Waals surface area contributed by atoms with Crippen molar-refractivity contribution in [2.75, 3.05) is 0 Å². The molecule has 1 aliphatic rings. The van der Waals surface area contributed by atoms with Crippen molar-refractivity contribution in [2.24, 2.45) is 5.10 Å². The molecule has 5 nitrogen and oxygen atoms in total. The maximum atomic E-state index is 11.6. The van der Waals surface area contributed by atoms with Gasteiger partial charge in [0, 0.05) is 12.6 Å². The van der Waals surface area contributed by atoms with Crippen molar-refractivity contribution in [1.29, 1.82) is 0 Å². The lowest BCUT2D eigenvalue weighted by molar-refractivity contribution is -0.125. The van der Waals surface area contributed by atoms with Crippen LogP contribution in [-0.2, 0) is 9.59 Å². The standard InChI is InChI=1S/C15H23N3O2/c1-11(2)5-4-6-12(3)9-10-16-18-15(20)13-7-8-14(19)17-13/h5,9-10,13H,4,6-8H2,1-3H3,(H,17,19)(H,18,20)/b12-9+,16-10+/t13-/m0/s1. The van der Waals surface area contributed by atoms with Gasteiger partial charge < -0.3 is 5.32 Å². The number of hydrazone groups is 1. The van der Waals surface area contributed by atoms with E-state index in [2.05, 4.69) is 35.8 Å². The van der Waals surface area contributed by atoms with E-state index in [1.807, 2.05) is 13.0 Å². The molecule has 0 unspecified atom stereocenters. The molecule has 0 spiro atoms. The second-order valence-electron chi connectivity index (χ2n) is 5.25. The van der Waals surface area contributed by atoms with E-state index in [0.29, 0.717) is 12.8 Å². The van der Waals surface area contributed by atoms with Gasteiger partial charge in [0.2, 0.25) is 5.91 Å². The van der Waals surface area contributed by atoms with E-state index in [0.717, 1.165) is 12.8 Å². The van der Waals surface area contributed by atoms with Gasteiger partial charge in [-0.1, -0.05) is 17.2 Å². The molecule has 5 heteroatoms. The van der Waals surface area contributed by atoms with Crippen molar-refractivity contribution in [3.05, 3.63) is 23.3 Å². The van der Waals surface area contributed by atoms with Crippen LogP contribution < -0.4 is 10.7 Å². The summed E-state index contributed by atoms with van der Waals surface area (Å²) >= 11 is 0. The van der Waals surface area contributed by atoms with Crippen LogP contribution in [0.5, 0.6) is 0 Å². The average molecular weight is 277 g/mol. The van der Waals surface area contributed by atoms with Crippen molar-refractivity contribution in [2.45, 2.75) is 52.5 Å². The van der Waals surface area contributed by atoms with Crippen LogP contribution in [-0.4, -0.2) is 24.1 Å². The van der Waals surface area contributed by atoms with E-state index < -0.39 is 6.04 Å². The summed E-state index contributed by atoms with van der Waals surface area (Å²) in [6.07, 6.45) is 8.59. The number of hydrogen-bond donors (Lipinski definition) is 2. The second kappa shape index (κ2) is 8.30. The van der Waals surface area contributed by atoms with Gasteiger partial charge in [0.15, 0.2) is 0 Å². The highest BCUT2D eigenvalue weighted by Crippen LogP contribution is 2.06. The third-order valence-electron chi connectivity index (χ3n) is 3.01. The van der Waals surface area contributed by atoms with Crippen LogP contribution in [0.1, 0.15) is 46.5 Å². The van der Waals surface area contributed by atoms with Crippen molar-refractivity contribution in [3.63, 3.8) is 0 Å². The van der Waals surface area contributed by atoms with Crippen molar-refractivity contribution in [3.8, 4) is 0 Å². The van der Waals surface area contributed by atoms with Gasteiger partial charge in [-0.2, -0.15) is 5.10 Å². The van der Waals surface area contributed by atoms with Crippen LogP contribution >= 0.6 is 0 Å². The molecule has 110 valence electrons. The molecule has 1 fully saturated rings. The van der Waals surface area contributed by atoms with Gasteiger partial charge in [0.05, 0.1) is 0 Å². The molecule has 1 aliphatic heterocycles. The normalized spacial score (nSPS) is 19.1. The summed E-state index contributed by atoms with van der Waals surface area (Å²) in [4.78, 5) is 22.6. The number of carbonyl (C=O) groups is 2. The molecule has 0 aromatic heterocycles. The zero-order chi connectivity index (χ0) is 15.0. The third-order valence-corrected chi connectivity index (χ3v) is 3.01. The Morgan fingerprint density at radius 3 is 2.80 bits per heavy atom. The molecule has 1 atom stereocenters. The fourth-order valence-electron chi connectivity index (χ4n) is 1.83. The van der Waals surface area contributed by atoms with Crippen LogP contribution in [0.25, 0.3) is 0 Å². The highest BCUT2D eigenvalue weighted by Gasteiger charge is 2.26. The van der Waals surface area contributed by atoms with Crippen LogP contribution in [0.15, 0.2) is 28.4 Å². The van der Waals surface area contributed by atoms with E-state index in [1.165, 1.54) is 11.1 Å². The van der Waals surface area contributed by atoms with E-state index >= 15 is 0 Å². The van der Waals surface area contributed by atoms with Gasteiger partial charge in [0.25, 0.3) is 5.91 Å². The second-order valence-corrected chi connectivity index (χ2v) is 5.25. The SMILES string of the molecule is CC(C)=CCC/C(C)=C/C=N/NC(=O)[C@@H]1CCC(=O)N1. The fraction of sp³-hybridized carbons (Fsp3) is 0.533. The molecule has 1 saturated heterocycles. The Labute approximate surface area is 120 Å². The summed E-state index contributed by atoms with van der Waals surface area (Å²) in [7, 11) is 0. The minimum atomic E-state index is -0.442. The van der Waals surface area contributed by atoms with Crippen LogP contribution in [0.4, 0.5) is 0 Å². The molecule has 0 saturated carbocycles. The monoisotopic (exact) mass is 277 g/mol. The minimum absolute atomic E-state index is 0.0795. The summed E-state index contributed by atoms with van der Waals surface area (Å²) in [5.74, 6) is -0.341. The average Bonchev–Trinajstić information content (AvgIpc) is 2.80. The van der Waals surface area contributed by atoms with Gasteiger partial charge in [0.1, 0.15) is 6.04 Å². The molecular weight excluding hydrogens is 254 g/mol. The number of nitrogens with zero attached hydrogens (tertiary/aromatic N) is 1. The highest BCUT2D eigenvalue weighted by atomic mass is 16.2. The number of rotatable bonds is 6. The number of allylic oxidation sites excluding steroid dienone is 4. The predicted molar refractivity (Wildman–Crippen MR) is 80.2 cm³/mol. The number of hydrogen-bond acceptors (Lipinski definition) is 3. The third kappa shape index (κ3) is 6.31. The van der Waals surface area contributed by atoms with E-state index in [-0.39, 0.29) is 11.8 Å². The number of amides is 2. The first-order chi connectivity index (χ1) is 9.49. The molecule has 2 N–H and O–H groups in total. The Hall–Kier alpha value is -1.91. The Morgan fingerprint density at radius 2 is 2.20 bits per heavy atom. The minimum Gasteiger partial charge on any atom is -0.344 e. The Morgan fingerprint density at radius 1 is 1.45 bits per heavy atom. The van der Waals surface area contributed by atoms with E-state index in [4.69, 9.17) is 0 Å². The lowest BCUT2D eigenvalue weighted by atomic mass is 10.1. The summed E-state index contributed by atoms with van der Waals surface area (Å²) in [6, 6.07) is -0.442. The van der Waals surface area contributed by atoms with Gasteiger partial charge in [-0.25, -0.2) is 5.43 Å². The van der Waals surface area contributed by atoms with Gasteiger partial charge in [-0.15, -0.1) is 0 Å². The highest BCUT2D eigenvalue weighted by molar-refractivity contribution is 5.91. The van der Waals surface area contributed by atoms with Gasteiger partial charge in [-0.3, -0.25) is 9.59 Å². The maximum absolute atomic E-state index is 11.6. The van der Waals surface area contributed by atoms with Crippen LogP contribution in [0.3, 0.4) is 0 Å². The summed E-state index contributed by atoms with van der Waals surface area (Å²) < 4.78 is 0. The zero-order valence-corrected chi connectivity index (χ0v) is 12.4. The van der Waals surface area contributed by atoms with Crippen molar-refractivity contribution < 1.29 is 9.59 Å². The van der Waals surface area contributed by atoms with Gasteiger partial charge >= 0.3 is 0 Å². The quantitative estimate of drug-likeness (QED) is 0.443. The van der Waals surface area contributed by atoms with Gasteiger partial charge in [-0.05, 0) is 46.1 Å². The molecule has 0 bridgehead atoms. The van der Waals surface area contributed by atoms with E-state index in [1.54, 1.807) is 6.21 Å². The molecule has 0 radical (unpaired) electrons. The molecule has 20 heavy (non-hydrogen) atoms. The first-order valence-electron chi connectivity index (χ1n) is 6.90. The maximum Gasteiger partial charge on any atom is 0.262 e. The Balaban J connectivity index is 2.28. The lowest BCUT2D eigenvalue weighted by Gasteiger charge is -2.06. The molecule has 1 heterocycles. The molecule has 0 aromatic carbocycles. The predicted octanol–water partition coefficient (Wildman–Crippen LogP) is 2.06. The molecule has 2 amide bonds. The van der Waals surface area contributed by atoms with Crippen LogP contribution in [0.2, 0.25) is 0 Å². The van der Waals surface area contributed by atoms with Crippen molar-refractivity contribution >= 4 is 18.0 Å². The molecule has 0 aromatic rings. The number of nitrogens with one attached hydrogen (secondary N) is 2.